The van der Waals surface area contributed by atoms with Crippen LogP contribution in [0.4, 0.5) is 0 Å². The van der Waals surface area contributed by atoms with Crippen molar-refractivity contribution < 1.29 is 8.85 Å². The van der Waals surface area contributed by atoms with Crippen molar-refractivity contribution in [3.63, 3.8) is 0 Å². The van der Waals surface area contributed by atoms with Crippen LogP contribution in [0.25, 0.3) is 0 Å². The van der Waals surface area contributed by atoms with E-state index in [9.17, 15) is 0 Å². The lowest BCUT2D eigenvalue weighted by Crippen LogP contribution is -2.51. The highest BCUT2D eigenvalue weighted by Crippen LogP contribution is 2.32. The quantitative estimate of drug-likeness (QED) is 0.235. The molecule has 4 aliphatic rings. The summed E-state index contributed by atoms with van der Waals surface area (Å²) in [5, 5.41) is 0. The van der Waals surface area contributed by atoms with Gasteiger partial charge in [0, 0.05) is 14.2 Å². The maximum absolute atomic E-state index is 6.62. The number of hydrogen-bond donors (Lipinski definition) is 0. The summed E-state index contributed by atoms with van der Waals surface area (Å²) >= 11 is 13.2. The minimum atomic E-state index is -1.52. The molecule has 0 saturated carbocycles. The second-order valence-corrected chi connectivity index (χ2v) is 31.6. The van der Waals surface area contributed by atoms with Crippen molar-refractivity contribution in [2.75, 3.05) is 66.6 Å². The SMILES string of the molecule is CO[Si]1(C)CCCN1CCCN1CCC[Si]1(C)OC.C[Si]1(Cl)CCCN1CCCN1CCC[Si]1(C)Cl. The molecule has 36 heavy (non-hydrogen) atoms. The van der Waals surface area contributed by atoms with Crippen LogP contribution in [0.5, 0.6) is 0 Å². The first-order chi connectivity index (χ1) is 17.0. The predicted octanol–water partition coefficient (Wildman–Crippen LogP) is 5.63. The van der Waals surface area contributed by atoms with Gasteiger partial charge in [-0.2, -0.15) is 0 Å². The van der Waals surface area contributed by atoms with E-state index in [2.05, 4.69) is 44.4 Å². The van der Waals surface area contributed by atoms with Crippen LogP contribution in [-0.2, 0) is 8.85 Å². The highest BCUT2D eigenvalue weighted by atomic mass is 35.6. The van der Waals surface area contributed by atoms with Crippen LogP contribution < -0.4 is 0 Å². The third-order valence-corrected chi connectivity index (χ3v) is 26.0. The Balaban J connectivity index is 0.000000202. The number of halogens is 2. The van der Waals surface area contributed by atoms with Gasteiger partial charge in [-0.05, 0) is 141 Å². The predicted molar refractivity (Wildman–Crippen MR) is 165 cm³/mol. The zero-order chi connectivity index (χ0) is 26.5. The maximum atomic E-state index is 6.62. The van der Waals surface area contributed by atoms with Crippen molar-refractivity contribution in [1.29, 1.82) is 0 Å². The standard InChI is InChI=1S/C13H30N2O2Si2.C11H24Cl2N2Si2/c1-16-18(3)12-6-10-14(18)8-5-9-15-11-7-13-19(15,4)17-2;1-16(12)10-4-8-14(16)6-3-7-15-9-5-11-17(15,2)13/h5-13H2,1-4H3;3-11H2,1-2H3. The van der Waals surface area contributed by atoms with Crippen molar-refractivity contribution in [2.24, 2.45) is 0 Å². The molecule has 0 aliphatic carbocycles. The number of nitrogens with zero attached hydrogens (tertiary/aromatic N) is 4. The Hall–Kier alpha value is 1.21. The van der Waals surface area contributed by atoms with Gasteiger partial charge in [0.05, 0.1) is 0 Å². The second-order valence-electron chi connectivity index (χ2n) is 12.1. The normalized spacial score (nSPS) is 38.7. The minimum absolute atomic E-state index is 1.18. The highest BCUT2D eigenvalue weighted by Gasteiger charge is 2.42. The molecule has 0 bridgehead atoms. The molecular formula is C24H54Cl2N4O2Si4. The molecule has 0 aromatic heterocycles. The highest BCUT2D eigenvalue weighted by molar-refractivity contribution is 7.18. The maximum Gasteiger partial charge on any atom is 0.267 e. The fourth-order valence-corrected chi connectivity index (χ4v) is 19.0. The summed E-state index contributed by atoms with van der Waals surface area (Å²) in [4.78, 5) is 0. The molecule has 0 radical (unpaired) electrons. The van der Waals surface area contributed by atoms with E-state index in [0.717, 1.165) is 0 Å². The molecule has 0 aromatic rings. The Bertz CT molecular complexity index is 645. The molecule has 0 aromatic carbocycles. The first kappa shape index (κ1) is 31.7. The summed E-state index contributed by atoms with van der Waals surface area (Å²) in [5.41, 5.74) is 0. The molecule has 4 aliphatic heterocycles. The lowest BCUT2D eigenvalue weighted by atomic mass is 10.4. The lowest BCUT2D eigenvalue weighted by Gasteiger charge is -2.34. The summed E-state index contributed by atoms with van der Waals surface area (Å²) in [6, 6.07) is 5.13. The average Bonchev–Trinajstić information content (AvgIpc) is 3.57. The first-order valence-electron chi connectivity index (χ1n) is 14.4. The molecule has 0 N–H and O–H groups in total. The van der Waals surface area contributed by atoms with Crippen LogP contribution in [0.3, 0.4) is 0 Å². The third kappa shape index (κ3) is 8.13. The van der Waals surface area contributed by atoms with Crippen LogP contribution in [0, 0.1) is 0 Å². The van der Waals surface area contributed by atoms with Crippen LogP contribution >= 0.6 is 22.2 Å². The zero-order valence-electron chi connectivity index (χ0n) is 24.1. The molecule has 0 spiro atoms. The van der Waals surface area contributed by atoms with Gasteiger partial charge in [0.15, 0.2) is 0 Å². The van der Waals surface area contributed by atoms with E-state index in [-0.39, 0.29) is 0 Å². The minimum Gasteiger partial charge on any atom is -0.406 e. The smallest absolute Gasteiger partial charge is 0.267 e. The van der Waals surface area contributed by atoms with Crippen molar-refractivity contribution in [3.8, 4) is 0 Å². The zero-order valence-corrected chi connectivity index (χ0v) is 29.6. The third-order valence-electron chi connectivity index (χ3n) is 9.51. The molecule has 212 valence electrons. The molecule has 6 nitrogen and oxygen atoms in total. The fourth-order valence-electron chi connectivity index (χ4n) is 6.71. The van der Waals surface area contributed by atoms with Gasteiger partial charge in [0.25, 0.3) is 17.0 Å². The van der Waals surface area contributed by atoms with Crippen molar-refractivity contribution in [3.05, 3.63) is 0 Å². The van der Waals surface area contributed by atoms with Crippen LogP contribution in [-0.4, -0.2) is 117 Å². The summed E-state index contributed by atoms with van der Waals surface area (Å²) in [5.74, 6) is 0. The van der Waals surface area contributed by atoms with E-state index >= 15 is 0 Å². The lowest BCUT2D eigenvalue weighted by molar-refractivity contribution is 0.287. The van der Waals surface area contributed by atoms with Gasteiger partial charge in [-0.3, -0.25) is 0 Å². The molecule has 4 heterocycles. The molecular weight excluding hydrogens is 560 g/mol. The van der Waals surface area contributed by atoms with Gasteiger partial charge < -0.3 is 27.1 Å². The molecule has 4 fully saturated rings. The Morgan fingerprint density at radius 1 is 0.528 bits per heavy atom. The van der Waals surface area contributed by atoms with Gasteiger partial charge >= 0.3 is 0 Å². The molecule has 4 unspecified atom stereocenters. The molecule has 4 saturated heterocycles. The fraction of sp³-hybridized carbons (Fsp3) is 1.00. The van der Waals surface area contributed by atoms with Gasteiger partial charge in [0.2, 0.25) is 15.1 Å². The summed E-state index contributed by atoms with van der Waals surface area (Å²) in [6.45, 7) is 19.0. The van der Waals surface area contributed by atoms with Crippen LogP contribution in [0.1, 0.15) is 38.5 Å². The molecule has 4 rings (SSSR count). The van der Waals surface area contributed by atoms with Gasteiger partial charge in [0.1, 0.15) is 0 Å². The molecule has 4 atom stereocenters. The number of hydrogen-bond acceptors (Lipinski definition) is 6. The van der Waals surface area contributed by atoms with E-state index in [1.165, 1.54) is 115 Å². The van der Waals surface area contributed by atoms with Crippen molar-refractivity contribution in [1.82, 2.24) is 18.3 Å². The molecule has 0 amide bonds. The monoisotopic (exact) mass is 612 g/mol. The van der Waals surface area contributed by atoms with Crippen LogP contribution in [0.15, 0.2) is 0 Å². The molecule has 12 heteroatoms. The van der Waals surface area contributed by atoms with E-state index in [4.69, 9.17) is 31.0 Å². The Kier molecular flexibility index (Phi) is 12.1. The van der Waals surface area contributed by atoms with Crippen molar-refractivity contribution in [2.45, 2.75) is 88.9 Å². The summed E-state index contributed by atoms with van der Waals surface area (Å²) < 4.78 is 22.1. The Labute approximate surface area is 235 Å². The van der Waals surface area contributed by atoms with Gasteiger partial charge in [-0.15, -0.1) is 22.2 Å². The largest absolute Gasteiger partial charge is 0.406 e. The van der Waals surface area contributed by atoms with Crippen molar-refractivity contribution >= 4 is 54.2 Å². The van der Waals surface area contributed by atoms with E-state index < -0.39 is 32.0 Å². The van der Waals surface area contributed by atoms with Crippen LogP contribution in [0.2, 0.25) is 50.4 Å². The van der Waals surface area contributed by atoms with Gasteiger partial charge in [-0.25, -0.2) is 0 Å². The summed E-state index contributed by atoms with van der Waals surface area (Å²) in [7, 11) is -2.26. The van der Waals surface area contributed by atoms with E-state index in [1.54, 1.807) is 0 Å². The van der Waals surface area contributed by atoms with E-state index in [0.29, 0.717) is 0 Å². The Morgan fingerprint density at radius 2 is 0.833 bits per heavy atom. The van der Waals surface area contributed by atoms with E-state index in [1.807, 2.05) is 14.2 Å². The Morgan fingerprint density at radius 3 is 1.14 bits per heavy atom. The number of rotatable bonds is 10. The topological polar surface area (TPSA) is 31.4 Å². The average molecular weight is 614 g/mol. The summed E-state index contributed by atoms with van der Waals surface area (Å²) in [6.07, 6.45) is 7.76. The van der Waals surface area contributed by atoms with Gasteiger partial charge in [-0.1, -0.05) is 0 Å². The second kappa shape index (κ2) is 13.7. The first-order valence-corrected chi connectivity index (χ1v) is 26.9.